The first-order chi connectivity index (χ1) is 12.5. The molecule has 152 valence electrons. The van der Waals surface area contributed by atoms with Crippen molar-refractivity contribution in [2.45, 2.75) is 49.6 Å². The van der Waals surface area contributed by atoms with Crippen LogP contribution in [0.1, 0.15) is 13.3 Å². The van der Waals surface area contributed by atoms with Crippen LogP contribution in [0.2, 0.25) is 0 Å². The predicted molar refractivity (Wildman–Crippen MR) is 82.5 cm³/mol. The summed E-state index contributed by atoms with van der Waals surface area (Å²) >= 11 is 0. The minimum Gasteiger partial charge on any atom is -0.477 e. The van der Waals surface area contributed by atoms with Gasteiger partial charge in [-0.3, -0.25) is 14.5 Å². The van der Waals surface area contributed by atoms with Crippen LogP contribution in [-0.4, -0.2) is 103 Å². The number of nitrogens with zero attached hydrogens (tertiary/aromatic N) is 4. The number of aliphatic hydroxyl groups is 5. The number of azide groups is 1. The number of imide groups is 1. The summed E-state index contributed by atoms with van der Waals surface area (Å²) in [6.07, 6.45) is -8.89. The maximum absolute atomic E-state index is 12.2. The van der Waals surface area contributed by atoms with E-state index in [9.17, 15) is 34.8 Å². The highest BCUT2D eigenvalue weighted by Gasteiger charge is 2.56. The molecule has 1 saturated heterocycles. The van der Waals surface area contributed by atoms with Crippen LogP contribution in [0.15, 0.2) is 5.11 Å². The van der Waals surface area contributed by atoms with Crippen molar-refractivity contribution in [3.8, 4) is 0 Å². The molecule has 0 spiro atoms. The fourth-order valence-electron chi connectivity index (χ4n) is 2.74. The molecule has 1 aliphatic heterocycles. The maximum atomic E-state index is 12.2. The lowest BCUT2D eigenvalue weighted by molar-refractivity contribution is -0.302. The normalized spacial score (nSPS) is 29.9. The standard InChI is InChI=1S/C13H20N4O10/c1-5(19)17(8(22)3-15-16-14)9-6(20)2-13(26,12(24)25)27-11(9)10(23)7(21)4-18/h6-7,9-11,18,20-21,23,26H,2-4H2,1H3,(H,24,25)/t6-,7+,9+,10?,11+,13+/m0/s1. The zero-order valence-corrected chi connectivity index (χ0v) is 14.1. The lowest BCUT2D eigenvalue weighted by Crippen LogP contribution is -2.69. The Bertz CT molecular complexity index is 639. The van der Waals surface area contributed by atoms with Crippen LogP contribution >= 0.6 is 0 Å². The van der Waals surface area contributed by atoms with Gasteiger partial charge in [-0.15, -0.1) is 0 Å². The van der Waals surface area contributed by atoms with E-state index in [4.69, 9.17) is 20.5 Å². The summed E-state index contributed by atoms with van der Waals surface area (Å²) in [5.74, 6) is -7.00. The SMILES string of the molecule is CC(=O)N(C(=O)CN=[N+]=[N-])[C@@H]1[C@@H](O)C[C@](O)(C(=O)O)O[C@H]1C(O)[C@H](O)CO. The van der Waals surface area contributed by atoms with E-state index in [0.29, 0.717) is 4.90 Å². The number of rotatable bonds is 7. The van der Waals surface area contributed by atoms with E-state index >= 15 is 0 Å². The van der Waals surface area contributed by atoms with E-state index < -0.39 is 73.6 Å². The maximum Gasteiger partial charge on any atom is 0.364 e. The van der Waals surface area contributed by atoms with Gasteiger partial charge in [0.05, 0.1) is 18.8 Å². The monoisotopic (exact) mass is 392 g/mol. The minimum atomic E-state index is -2.99. The molecule has 14 heteroatoms. The van der Waals surface area contributed by atoms with Gasteiger partial charge in [-0.25, -0.2) is 4.79 Å². The van der Waals surface area contributed by atoms with Crippen LogP contribution < -0.4 is 0 Å². The summed E-state index contributed by atoms with van der Waals surface area (Å²) in [7, 11) is 0. The highest BCUT2D eigenvalue weighted by atomic mass is 16.7. The Morgan fingerprint density at radius 2 is 2.00 bits per heavy atom. The molecule has 1 unspecified atom stereocenters. The van der Waals surface area contributed by atoms with E-state index in [1.807, 2.05) is 0 Å². The molecule has 14 nitrogen and oxygen atoms in total. The van der Waals surface area contributed by atoms with Crippen LogP contribution in [-0.2, 0) is 19.1 Å². The van der Waals surface area contributed by atoms with Gasteiger partial charge in [-0.1, -0.05) is 5.11 Å². The molecule has 0 aromatic heterocycles. The van der Waals surface area contributed by atoms with Crippen molar-refractivity contribution >= 4 is 17.8 Å². The Labute approximate surface area is 151 Å². The highest BCUT2D eigenvalue weighted by molar-refractivity contribution is 5.95. The van der Waals surface area contributed by atoms with E-state index in [-0.39, 0.29) is 0 Å². The topological polar surface area (TPSA) is 234 Å². The first-order valence-corrected chi connectivity index (χ1v) is 7.62. The molecule has 1 fully saturated rings. The number of hydrogen-bond donors (Lipinski definition) is 6. The summed E-state index contributed by atoms with van der Waals surface area (Å²) in [6.45, 7) is -0.944. The Kier molecular flexibility index (Phi) is 7.62. The third kappa shape index (κ3) is 4.90. The number of carbonyl (C=O) groups excluding carboxylic acids is 2. The lowest BCUT2D eigenvalue weighted by atomic mass is 9.87. The third-order valence-electron chi connectivity index (χ3n) is 3.98. The molecular weight excluding hydrogens is 372 g/mol. The number of carboxylic acids is 1. The van der Waals surface area contributed by atoms with Crippen molar-refractivity contribution in [3.63, 3.8) is 0 Å². The quantitative estimate of drug-likeness (QED) is 0.143. The van der Waals surface area contributed by atoms with E-state index in [0.717, 1.165) is 6.92 Å². The molecule has 0 saturated carbocycles. The molecule has 1 heterocycles. The van der Waals surface area contributed by atoms with Crippen LogP contribution in [0, 0.1) is 0 Å². The molecule has 0 aliphatic carbocycles. The largest absolute Gasteiger partial charge is 0.477 e. The summed E-state index contributed by atoms with van der Waals surface area (Å²) < 4.78 is 4.91. The van der Waals surface area contributed by atoms with Gasteiger partial charge in [-0.2, -0.15) is 0 Å². The number of carboxylic acid groups (broad SMARTS) is 1. The minimum absolute atomic E-state index is 0.374. The predicted octanol–water partition coefficient (Wildman–Crippen LogP) is -3.32. The van der Waals surface area contributed by atoms with Gasteiger partial charge in [0, 0.05) is 18.3 Å². The molecular formula is C13H20N4O10. The number of aliphatic hydroxyl groups excluding tert-OH is 4. The van der Waals surface area contributed by atoms with E-state index in [1.165, 1.54) is 0 Å². The van der Waals surface area contributed by atoms with Crippen LogP contribution in [0.5, 0.6) is 0 Å². The smallest absolute Gasteiger partial charge is 0.364 e. The van der Waals surface area contributed by atoms with Crippen molar-refractivity contribution in [2.75, 3.05) is 13.2 Å². The molecule has 6 atom stereocenters. The van der Waals surface area contributed by atoms with Crippen molar-refractivity contribution in [3.05, 3.63) is 10.4 Å². The fraction of sp³-hybridized carbons (Fsp3) is 0.769. The van der Waals surface area contributed by atoms with Gasteiger partial charge in [0.2, 0.25) is 11.8 Å². The molecule has 0 aromatic rings. The number of aliphatic carboxylic acids is 1. The number of carbonyl (C=O) groups is 3. The highest BCUT2D eigenvalue weighted by Crippen LogP contribution is 2.33. The van der Waals surface area contributed by atoms with E-state index in [1.54, 1.807) is 0 Å². The molecule has 6 N–H and O–H groups in total. The second-order valence-electron chi connectivity index (χ2n) is 5.85. The average molecular weight is 392 g/mol. The average Bonchev–Trinajstić information content (AvgIpc) is 2.59. The Morgan fingerprint density at radius 3 is 2.44 bits per heavy atom. The molecule has 27 heavy (non-hydrogen) atoms. The summed E-state index contributed by atoms with van der Waals surface area (Å²) in [5, 5.41) is 61.2. The van der Waals surface area contributed by atoms with Crippen LogP contribution in [0.25, 0.3) is 10.4 Å². The van der Waals surface area contributed by atoms with Crippen molar-refractivity contribution < 1.29 is 49.8 Å². The van der Waals surface area contributed by atoms with Crippen molar-refractivity contribution in [1.82, 2.24) is 4.90 Å². The fourth-order valence-corrected chi connectivity index (χ4v) is 2.74. The third-order valence-corrected chi connectivity index (χ3v) is 3.98. The Morgan fingerprint density at radius 1 is 1.41 bits per heavy atom. The van der Waals surface area contributed by atoms with Crippen molar-refractivity contribution in [2.24, 2.45) is 5.11 Å². The van der Waals surface area contributed by atoms with Gasteiger partial charge in [0.1, 0.15) is 24.9 Å². The molecule has 0 radical (unpaired) electrons. The van der Waals surface area contributed by atoms with Gasteiger partial charge in [0.15, 0.2) is 0 Å². The van der Waals surface area contributed by atoms with Crippen LogP contribution in [0.3, 0.4) is 0 Å². The summed E-state index contributed by atoms with van der Waals surface area (Å²) in [5.41, 5.74) is 8.30. The van der Waals surface area contributed by atoms with Gasteiger partial charge in [0.25, 0.3) is 5.79 Å². The number of hydrogen-bond acceptors (Lipinski definition) is 10. The second kappa shape index (κ2) is 9.05. The first kappa shape index (κ1) is 22.7. The molecule has 0 bridgehead atoms. The second-order valence-corrected chi connectivity index (χ2v) is 5.85. The Hall–Kier alpha value is -2.32. The first-order valence-electron chi connectivity index (χ1n) is 7.62. The number of amides is 2. The van der Waals surface area contributed by atoms with Gasteiger partial charge in [-0.05, 0) is 5.53 Å². The van der Waals surface area contributed by atoms with Gasteiger partial charge >= 0.3 is 5.97 Å². The van der Waals surface area contributed by atoms with Crippen LogP contribution in [0.4, 0.5) is 0 Å². The Balaban J connectivity index is 3.39. The summed E-state index contributed by atoms with van der Waals surface area (Å²) in [6, 6.07) is -1.75. The zero-order chi connectivity index (χ0) is 20.9. The van der Waals surface area contributed by atoms with E-state index in [2.05, 4.69) is 10.0 Å². The lowest BCUT2D eigenvalue weighted by Gasteiger charge is -2.47. The molecule has 0 aromatic carbocycles. The summed E-state index contributed by atoms with van der Waals surface area (Å²) in [4.78, 5) is 38.1. The molecule has 1 rings (SSSR count). The van der Waals surface area contributed by atoms with Crippen molar-refractivity contribution in [1.29, 1.82) is 0 Å². The number of ether oxygens (including phenoxy) is 1. The zero-order valence-electron chi connectivity index (χ0n) is 14.1. The molecule has 1 aliphatic rings. The van der Waals surface area contributed by atoms with Gasteiger partial charge < -0.3 is 35.4 Å². The molecule has 2 amide bonds.